The smallest absolute Gasteiger partial charge is 0.254 e. The number of hydrogen-bond donors (Lipinski definition) is 1. The summed E-state index contributed by atoms with van der Waals surface area (Å²) >= 11 is 0. The van der Waals surface area contributed by atoms with Crippen molar-refractivity contribution in [2.24, 2.45) is 0 Å². The molecule has 1 aliphatic heterocycles. The molecule has 1 fully saturated rings. The summed E-state index contributed by atoms with van der Waals surface area (Å²) < 4.78 is 10.6. The monoisotopic (exact) mass is 266 g/mol. The molecule has 1 aromatic rings. The highest BCUT2D eigenvalue weighted by Gasteiger charge is 2.23. The Morgan fingerprint density at radius 1 is 1.53 bits per heavy atom. The fraction of sp³-hybridized carbons (Fsp3) is 0.538. The molecule has 2 amide bonds. The van der Waals surface area contributed by atoms with E-state index < -0.39 is 0 Å². The van der Waals surface area contributed by atoms with E-state index >= 15 is 0 Å². The zero-order valence-corrected chi connectivity index (χ0v) is 11.1. The van der Waals surface area contributed by atoms with Crippen LogP contribution in [0.2, 0.25) is 0 Å². The second-order valence-electron chi connectivity index (χ2n) is 4.56. The second kappa shape index (κ2) is 5.88. The van der Waals surface area contributed by atoms with Crippen LogP contribution in [-0.4, -0.2) is 49.1 Å². The molecule has 2 heterocycles. The van der Waals surface area contributed by atoms with Crippen LogP contribution in [0.5, 0.6) is 0 Å². The van der Waals surface area contributed by atoms with Crippen LogP contribution in [0.1, 0.15) is 23.0 Å². The molecule has 6 heteroatoms. The zero-order chi connectivity index (χ0) is 13.8. The number of rotatable bonds is 3. The van der Waals surface area contributed by atoms with Crippen molar-refractivity contribution in [3.8, 4) is 0 Å². The third-order valence-corrected chi connectivity index (χ3v) is 3.18. The summed E-state index contributed by atoms with van der Waals surface area (Å²) in [7, 11) is 0. The molecular formula is C13H18N2O4. The van der Waals surface area contributed by atoms with Gasteiger partial charge in [0.1, 0.15) is 5.76 Å². The lowest BCUT2D eigenvalue weighted by atomic mass is 10.2. The van der Waals surface area contributed by atoms with Crippen LogP contribution in [0, 0.1) is 6.92 Å². The maximum absolute atomic E-state index is 11.9. The highest BCUT2D eigenvalue weighted by atomic mass is 16.5. The summed E-state index contributed by atoms with van der Waals surface area (Å²) in [5.74, 6) is 0.438. The Labute approximate surface area is 111 Å². The number of ether oxygens (including phenoxy) is 1. The average molecular weight is 266 g/mol. The number of carbonyl (C=O) groups is 2. The van der Waals surface area contributed by atoms with Crippen molar-refractivity contribution >= 4 is 11.8 Å². The molecule has 0 aliphatic carbocycles. The highest BCUT2D eigenvalue weighted by Crippen LogP contribution is 2.09. The SMILES string of the molecule is CC(=O)N1CCOC(CNC(=O)c2ccoc2C)C1. The Balaban J connectivity index is 1.84. The van der Waals surface area contributed by atoms with Crippen LogP contribution >= 0.6 is 0 Å². The normalized spacial score (nSPS) is 19.3. The van der Waals surface area contributed by atoms with Gasteiger partial charge in [0, 0.05) is 26.6 Å². The predicted molar refractivity (Wildman–Crippen MR) is 67.8 cm³/mol. The van der Waals surface area contributed by atoms with E-state index in [1.54, 1.807) is 17.9 Å². The van der Waals surface area contributed by atoms with Gasteiger partial charge in [0.05, 0.1) is 24.5 Å². The van der Waals surface area contributed by atoms with Gasteiger partial charge in [-0.1, -0.05) is 0 Å². The first-order valence-electron chi connectivity index (χ1n) is 6.27. The van der Waals surface area contributed by atoms with E-state index in [1.807, 2.05) is 0 Å². The van der Waals surface area contributed by atoms with Crippen LogP contribution in [0.4, 0.5) is 0 Å². The number of amides is 2. The number of nitrogens with one attached hydrogen (secondary N) is 1. The van der Waals surface area contributed by atoms with E-state index in [1.165, 1.54) is 13.2 Å². The Hall–Kier alpha value is -1.82. The molecule has 0 spiro atoms. The van der Waals surface area contributed by atoms with Gasteiger partial charge in [-0.25, -0.2) is 0 Å². The first-order valence-corrected chi connectivity index (χ1v) is 6.27. The molecule has 0 aromatic carbocycles. The van der Waals surface area contributed by atoms with Crippen molar-refractivity contribution in [2.75, 3.05) is 26.2 Å². The lowest BCUT2D eigenvalue weighted by Gasteiger charge is -2.32. The second-order valence-corrected chi connectivity index (χ2v) is 4.56. The van der Waals surface area contributed by atoms with Crippen LogP contribution in [-0.2, 0) is 9.53 Å². The molecule has 6 nitrogen and oxygen atoms in total. The van der Waals surface area contributed by atoms with Crippen LogP contribution in [0.3, 0.4) is 0 Å². The fourth-order valence-electron chi connectivity index (χ4n) is 2.05. The summed E-state index contributed by atoms with van der Waals surface area (Å²) in [5, 5.41) is 2.79. The first-order chi connectivity index (χ1) is 9.08. The minimum Gasteiger partial charge on any atom is -0.469 e. The number of nitrogens with zero attached hydrogens (tertiary/aromatic N) is 1. The van der Waals surface area contributed by atoms with Gasteiger partial charge in [0.2, 0.25) is 5.91 Å². The number of furan rings is 1. The van der Waals surface area contributed by atoms with Crippen molar-refractivity contribution in [1.82, 2.24) is 10.2 Å². The molecule has 19 heavy (non-hydrogen) atoms. The highest BCUT2D eigenvalue weighted by molar-refractivity contribution is 5.95. The summed E-state index contributed by atoms with van der Waals surface area (Å²) in [6, 6.07) is 1.63. The standard InChI is InChI=1S/C13H18N2O4/c1-9-12(3-5-18-9)13(17)14-7-11-8-15(10(2)16)4-6-19-11/h3,5,11H,4,6-8H2,1-2H3,(H,14,17). The van der Waals surface area contributed by atoms with Gasteiger partial charge >= 0.3 is 0 Å². The zero-order valence-electron chi connectivity index (χ0n) is 11.1. The van der Waals surface area contributed by atoms with Gasteiger partial charge in [-0.15, -0.1) is 0 Å². The lowest BCUT2D eigenvalue weighted by Crippen LogP contribution is -2.49. The van der Waals surface area contributed by atoms with Gasteiger partial charge in [0.15, 0.2) is 0 Å². The Morgan fingerprint density at radius 3 is 2.95 bits per heavy atom. The summed E-state index contributed by atoms with van der Waals surface area (Å²) in [6.07, 6.45) is 1.33. The average Bonchev–Trinajstić information content (AvgIpc) is 2.82. The quantitative estimate of drug-likeness (QED) is 0.868. The number of carbonyl (C=O) groups excluding carboxylic acids is 2. The third kappa shape index (κ3) is 3.35. The van der Waals surface area contributed by atoms with Gasteiger partial charge in [-0.05, 0) is 13.0 Å². The van der Waals surface area contributed by atoms with Gasteiger partial charge in [-0.3, -0.25) is 9.59 Å². The molecule has 1 unspecified atom stereocenters. The molecule has 1 aliphatic rings. The maximum atomic E-state index is 11.9. The summed E-state index contributed by atoms with van der Waals surface area (Å²) in [4.78, 5) is 24.9. The predicted octanol–water partition coefficient (Wildman–Crippen LogP) is 0.565. The van der Waals surface area contributed by atoms with Crippen molar-refractivity contribution in [3.63, 3.8) is 0 Å². The van der Waals surface area contributed by atoms with E-state index in [4.69, 9.17) is 9.15 Å². The van der Waals surface area contributed by atoms with Crippen LogP contribution in [0.15, 0.2) is 16.7 Å². The third-order valence-electron chi connectivity index (χ3n) is 3.18. The lowest BCUT2D eigenvalue weighted by molar-refractivity contribution is -0.136. The molecule has 0 saturated carbocycles. The Morgan fingerprint density at radius 2 is 2.32 bits per heavy atom. The molecule has 1 saturated heterocycles. The first kappa shape index (κ1) is 13.6. The van der Waals surface area contributed by atoms with Gasteiger partial charge in [-0.2, -0.15) is 0 Å². The minimum absolute atomic E-state index is 0.0327. The minimum atomic E-state index is -0.185. The van der Waals surface area contributed by atoms with Crippen molar-refractivity contribution < 1.29 is 18.7 Å². The summed E-state index contributed by atoms with van der Waals surface area (Å²) in [5.41, 5.74) is 0.527. The number of hydrogen-bond acceptors (Lipinski definition) is 4. The van der Waals surface area contributed by atoms with Gasteiger partial charge in [0.25, 0.3) is 5.91 Å². The van der Waals surface area contributed by atoms with Crippen LogP contribution in [0.25, 0.3) is 0 Å². The molecule has 104 valence electrons. The Bertz CT molecular complexity index is 469. The fourth-order valence-corrected chi connectivity index (χ4v) is 2.05. The van der Waals surface area contributed by atoms with Gasteiger partial charge < -0.3 is 19.4 Å². The molecule has 0 radical (unpaired) electrons. The van der Waals surface area contributed by atoms with Crippen molar-refractivity contribution in [2.45, 2.75) is 20.0 Å². The Kier molecular flexibility index (Phi) is 4.21. The largest absolute Gasteiger partial charge is 0.469 e. The van der Waals surface area contributed by atoms with E-state index in [9.17, 15) is 9.59 Å². The van der Waals surface area contributed by atoms with E-state index in [0.29, 0.717) is 37.6 Å². The maximum Gasteiger partial charge on any atom is 0.254 e. The van der Waals surface area contributed by atoms with Crippen molar-refractivity contribution in [1.29, 1.82) is 0 Å². The molecular weight excluding hydrogens is 248 g/mol. The number of morpholine rings is 1. The van der Waals surface area contributed by atoms with Crippen molar-refractivity contribution in [3.05, 3.63) is 23.7 Å². The summed E-state index contributed by atoms with van der Waals surface area (Å²) in [6.45, 7) is 5.29. The number of aryl methyl sites for hydroxylation is 1. The van der Waals surface area contributed by atoms with E-state index in [0.717, 1.165) is 0 Å². The van der Waals surface area contributed by atoms with E-state index in [-0.39, 0.29) is 17.9 Å². The molecule has 1 N–H and O–H groups in total. The van der Waals surface area contributed by atoms with Crippen LogP contribution < -0.4 is 5.32 Å². The molecule has 2 rings (SSSR count). The molecule has 1 atom stereocenters. The topological polar surface area (TPSA) is 71.8 Å². The molecule has 0 bridgehead atoms. The van der Waals surface area contributed by atoms with E-state index in [2.05, 4.69) is 5.32 Å². The molecule has 1 aromatic heterocycles.